The van der Waals surface area contributed by atoms with Crippen molar-refractivity contribution in [1.29, 1.82) is 0 Å². The fraction of sp³-hybridized carbons (Fsp3) is 0.409. The van der Waals surface area contributed by atoms with Crippen molar-refractivity contribution in [3.05, 3.63) is 52.0 Å². The summed E-state index contributed by atoms with van der Waals surface area (Å²) in [7, 11) is 2.01. The highest BCUT2D eigenvalue weighted by Crippen LogP contribution is 2.36. The van der Waals surface area contributed by atoms with Gasteiger partial charge in [-0.05, 0) is 73.2 Å². The van der Waals surface area contributed by atoms with Crippen molar-refractivity contribution < 1.29 is 4.74 Å². The SMILES string of the molecule is CCN(C)/C=N\c1cc(C)c(Oc2ccc(Cl)c(C(C)(C)C)c2)cc1C. The Morgan fingerprint density at radius 2 is 1.81 bits per heavy atom. The van der Waals surface area contributed by atoms with E-state index in [1.807, 2.05) is 56.4 Å². The molecule has 0 fully saturated rings. The van der Waals surface area contributed by atoms with E-state index in [2.05, 4.69) is 38.8 Å². The van der Waals surface area contributed by atoms with Crippen LogP contribution in [0.25, 0.3) is 0 Å². The van der Waals surface area contributed by atoms with Crippen LogP contribution in [0.1, 0.15) is 44.4 Å². The molecule has 0 radical (unpaired) electrons. The molecule has 3 nitrogen and oxygen atoms in total. The third-order valence-corrected chi connectivity index (χ3v) is 4.69. The zero-order valence-electron chi connectivity index (χ0n) is 16.9. The minimum absolute atomic E-state index is 0.0364. The average molecular weight is 373 g/mol. The van der Waals surface area contributed by atoms with Gasteiger partial charge >= 0.3 is 0 Å². The minimum Gasteiger partial charge on any atom is -0.457 e. The third-order valence-electron chi connectivity index (χ3n) is 4.36. The highest BCUT2D eigenvalue weighted by Gasteiger charge is 2.18. The monoisotopic (exact) mass is 372 g/mol. The van der Waals surface area contributed by atoms with Crippen LogP contribution < -0.4 is 4.74 Å². The van der Waals surface area contributed by atoms with Crippen LogP contribution in [0.3, 0.4) is 0 Å². The summed E-state index contributed by atoms with van der Waals surface area (Å²) in [4.78, 5) is 6.61. The first kappa shape index (κ1) is 20.3. The molecule has 0 saturated carbocycles. The van der Waals surface area contributed by atoms with E-state index in [4.69, 9.17) is 16.3 Å². The normalized spacial score (nSPS) is 11.8. The molecule has 2 aromatic carbocycles. The first-order chi connectivity index (χ1) is 12.1. The van der Waals surface area contributed by atoms with E-state index in [1.54, 1.807) is 0 Å². The van der Waals surface area contributed by atoms with E-state index in [-0.39, 0.29) is 5.41 Å². The van der Waals surface area contributed by atoms with Crippen LogP contribution in [0.2, 0.25) is 5.02 Å². The van der Waals surface area contributed by atoms with Crippen LogP contribution in [-0.2, 0) is 5.41 Å². The van der Waals surface area contributed by atoms with Gasteiger partial charge in [-0.3, -0.25) is 0 Å². The number of aryl methyl sites for hydroxylation is 2. The summed E-state index contributed by atoms with van der Waals surface area (Å²) >= 11 is 6.36. The summed E-state index contributed by atoms with van der Waals surface area (Å²) in [6, 6.07) is 9.94. The maximum atomic E-state index is 6.36. The predicted octanol–water partition coefficient (Wildman–Crippen LogP) is 6.66. The smallest absolute Gasteiger partial charge is 0.130 e. The molecule has 140 valence electrons. The second kappa shape index (κ2) is 8.13. The highest BCUT2D eigenvalue weighted by atomic mass is 35.5. The standard InChI is InChI=1S/C22H29ClN2O/c1-8-25(7)14-24-20-11-16(3)21(12-15(20)2)26-17-9-10-19(23)18(13-17)22(4,5)6/h9-14H,8H2,1-7H3/b24-14-. The number of aliphatic imine (C=N–C) groups is 1. The molecule has 0 spiro atoms. The Balaban J connectivity index is 2.31. The summed E-state index contributed by atoms with van der Waals surface area (Å²) in [6.45, 7) is 13.5. The van der Waals surface area contributed by atoms with Gasteiger partial charge in [-0.25, -0.2) is 4.99 Å². The van der Waals surface area contributed by atoms with Gasteiger partial charge in [-0.2, -0.15) is 0 Å². The van der Waals surface area contributed by atoms with Gasteiger partial charge in [-0.15, -0.1) is 0 Å². The van der Waals surface area contributed by atoms with Gasteiger partial charge < -0.3 is 9.64 Å². The molecule has 0 N–H and O–H groups in total. The maximum Gasteiger partial charge on any atom is 0.130 e. The summed E-state index contributed by atoms with van der Waals surface area (Å²) in [5.74, 6) is 1.64. The molecule has 0 heterocycles. The summed E-state index contributed by atoms with van der Waals surface area (Å²) in [6.07, 6.45) is 1.86. The van der Waals surface area contributed by atoms with E-state index in [1.165, 1.54) is 0 Å². The Hall–Kier alpha value is -2.00. The molecule has 26 heavy (non-hydrogen) atoms. The molecule has 0 saturated heterocycles. The van der Waals surface area contributed by atoms with Crippen LogP contribution in [0, 0.1) is 13.8 Å². The summed E-state index contributed by atoms with van der Waals surface area (Å²) in [5, 5.41) is 0.766. The van der Waals surface area contributed by atoms with Crippen LogP contribution in [-0.4, -0.2) is 24.8 Å². The van der Waals surface area contributed by atoms with E-state index in [0.717, 1.165) is 45.4 Å². The fourth-order valence-electron chi connectivity index (χ4n) is 2.54. The molecular formula is C22H29ClN2O. The van der Waals surface area contributed by atoms with Gasteiger partial charge in [-0.1, -0.05) is 32.4 Å². The average Bonchev–Trinajstić information content (AvgIpc) is 2.56. The summed E-state index contributed by atoms with van der Waals surface area (Å²) in [5.41, 5.74) is 4.13. The maximum absolute atomic E-state index is 6.36. The predicted molar refractivity (Wildman–Crippen MR) is 113 cm³/mol. The van der Waals surface area contributed by atoms with Crippen molar-refractivity contribution in [2.75, 3.05) is 13.6 Å². The Morgan fingerprint density at radius 3 is 2.42 bits per heavy atom. The molecule has 0 unspecified atom stereocenters. The lowest BCUT2D eigenvalue weighted by atomic mass is 9.87. The van der Waals surface area contributed by atoms with Crippen molar-refractivity contribution in [2.45, 2.75) is 47.0 Å². The first-order valence-electron chi connectivity index (χ1n) is 8.95. The second-order valence-corrected chi connectivity index (χ2v) is 8.12. The van der Waals surface area contributed by atoms with Crippen molar-refractivity contribution in [2.24, 2.45) is 4.99 Å². The van der Waals surface area contributed by atoms with Crippen LogP contribution in [0.5, 0.6) is 11.5 Å². The van der Waals surface area contributed by atoms with Gasteiger partial charge in [0.25, 0.3) is 0 Å². The van der Waals surface area contributed by atoms with Crippen molar-refractivity contribution >= 4 is 23.6 Å². The lowest BCUT2D eigenvalue weighted by Crippen LogP contribution is -2.14. The second-order valence-electron chi connectivity index (χ2n) is 7.72. The molecule has 2 aromatic rings. The van der Waals surface area contributed by atoms with Crippen molar-refractivity contribution in [3.63, 3.8) is 0 Å². The third kappa shape index (κ3) is 5.01. The molecule has 0 aliphatic heterocycles. The molecule has 0 aliphatic carbocycles. The van der Waals surface area contributed by atoms with Crippen LogP contribution in [0.4, 0.5) is 5.69 Å². The topological polar surface area (TPSA) is 24.8 Å². The van der Waals surface area contributed by atoms with Gasteiger partial charge in [0, 0.05) is 18.6 Å². The molecule has 2 rings (SSSR count). The molecule has 0 aliphatic rings. The quantitative estimate of drug-likeness (QED) is 0.433. The van der Waals surface area contributed by atoms with Gasteiger partial charge in [0.15, 0.2) is 0 Å². The van der Waals surface area contributed by atoms with Crippen LogP contribution in [0.15, 0.2) is 35.3 Å². The molecule has 0 bridgehead atoms. The van der Waals surface area contributed by atoms with Gasteiger partial charge in [0.05, 0.1) is 12.0 Å². The number of benzene rings is 2. The van der Waals surface area contributed by atoms with Crippen molar-refractivity contribution in [1.82, 2.24) is 4.90 Å². The van der Waals surface area contributed by atoms with E-state index >= 15 is 0 Å². The Labute approximate surface area is 162 Å². The number of nitrogens with zero attached hydrogens (tertiary/aromatic N) is 2. The Morgan fingerprint density at radius 1 is 1.12 bits per heavy atom. The number of hydrogen-bond acceptors (Lipinski definition) is 2. The molecular weight excluding hydrogens is 344 g/mol. The van der Waals surface area contributed by atoms with Gasteiger partial charge in [0.1, 0.15) is 11.5 Å². The summed E-state index contributed by atoms with van der Waals surface area (Å²) < 4.78 is 6.16. The van der Waals surface area contributed by atoms with E-state index < -0.39 is 0 Å². The zero-order chi connectivity index (χ0) is 19.5. The largest absolute Gasteiger partial charge is 0.457 e. The molecule has 4 heteroatoms. The van der Waals surface area contributed by atoms with Crippen LogP contribution >= 0.6 is 11.6 Å². The van der Waals surface area contributed by atoms with E-state index in [9.17, 15) is 0 Å². The zero-order valence-corrected chi connectivity index (χ0v) is 17.6. The lowest BCUT2D eigenvalue weighted by molar-refractivity contribution is 0.474. The van der Waals surface area contributed by atoms with Gasteiger partial charge in [0.2, 0.25) is 0 Å². The Kier molecular flexibility index (Phi) is 6.35. The first-order valence-corrected chi connectivity index (χ1v) is 9.33. The lowest BCUT2D eigenvalue weighted by Gasteiger charge is -2.21. The fourth-order valence-corrected chi connectivity index (χ4v) is 2.94. The number of hydrogen-bond donors (Lipinski definition) is 0. The van der Waals surface area contributed by atoms with Crippen molar-refractivity contribution in [3.8, 4) is 11.5 Å². The number of rotatable bonds is 5. The molecule has 0 amide bonds. The number of ether oxygens (including phenoxy) is 1. The molecule has 0 atom stereocenters. The Bertz CT molecular complexity index is 807. The minimum atomic E-state index is -0.0364. The molecule has 0 aromatic heterocycles. The highest BCUT2D eigenvalue weighted by molar-refractivity contribution is 6.31. The number of halogens is 1. The van der Waals surface area contributed by atoms with E-state index in [0.29, 0.717) is 0 Å².